The van der Waals surface area contributed by atoms with Gasteiger partial charge in [0.05, 0.1) is 10.1 Å². The molecule has 0 radical (unpaired) electrons. The molecular formula is C14H16N2O4S2. The van der Waals surface area contributed by atoms with Gasteiger partial charge in [-0.3, -0.25) is 10.1 Å². The fourth-order valence-electron chi connectivity index (χ4n) is 1.77. The first kappa shape index (κ1) is 16.7. The smallest absolute Gasteiger partial charge is 0.338 e. The maximum absolute atomic E-state index is 11.8. The Bertz CT molecular complexity index is 556. The van der Waals surface area contributed by atoms with E-state index in [0.717, 1.165) is 11.5 Å². The first-order valence-corrected chi connectivity index (χ1v) is 8.72. The monoisotopic (exact) mass is 340 g/mol. The van der Waals surface area contributed by atoms with Gasteiger partial charge in [-0.25, -0.2) is 9.59 Å². The molecule has 0 spiro atoms. The summed E-state index contributed by atoms with van der Waals surface area (Å²) in [4.78, 5) is 34.1. The average Bonchev–Trinajstić information content (AvgIpc) is 3.07. The first-order valence-electron chi connectivity index (χ1n) is 6.62. The minimum absolute atomic E-state index is 0.379. The lowest BCUT2D eigenvalue weighted by Gasteiger charge is -2.09. The summed E-state index contributed by atoms with van der Waals surface area (Å²) >= 11 is 3.78. The standard InChI is InChI=1S/C14H16N2O4S2/c1-15-14(19)16-11(17)8-20-12(18)9-2-4-10(5-3-9)13-21-6-7-22-13/h2-5,13H,6-8H2,1H3,(H2,15,16,17,19). The number of ether oxygens (including phenoxy) is 1. The Kier molecular flexibility index (Phi) is 6.14. The molecule has 0 saturated carbocycles. The topological polar surface area (TPSA) is 84.5 Å². The molecule has 1 aromatic rings. The summed E-state index contributed by atoms with van der Waals surface area (Å²) in [5, 5.41) is 4.24. The normalized spacial score (nSPS) is 14.4. The van der Waals surface area contributed by atoms with Crippen LogP contribution in [0, 0.1) is 0 Å². The third kappa shape index (κ3) is 4.67. The van der Waals surface area contributed by atoms with Crippen LogP contribution in [0.2, 0.25) is 0 Å². The number of benzene rings is 1. The van der Waals surface area contributed by atoms with E-state index in [2.05, 4.69) is 5.32 Å². The number of amides is 3. The Morgan fingerprint density at radius 2 is 1.82 bits per heavy atom. The Balaban J connectivity index is 1.84. The van der Waals surface area contributed by atoms with Gasteiger partial charge in [-0.05, 0) is 17.7 Å². The number of imide groups is 1. The second kappa shape index (κ2) is 8.09. The quantitative estimate of drug-likeness (QED) is 0.813. The molecule has 2 rings (SSSR count). The number of thioether (sulfide) groups is 2. The Morgan fingerprint density at radius 3 is 2.41 bits per heavy atom. The maximum atomic E-state index is 11.8. The minimum Gasteiger partial charge on any atom is -0.452 e. The van der Waals surface area contributed by atoms with Crippen molar-refractivity contribution in [2.45, 2.75) is 4.58 Å². The van der Waals surface area contributed by atoms with Gasteiger partial charge in [-0.1, -0.05) is 12.1 Å². The van der Waals surface area contributed by atoms with Gasteiger partial charge >= 0.3 is 12.0 Å². The third-order valence-corrected chi connectivity index (χ3v) is 5.96. The van der Waals surface area contributed by atoms with Gasteiger partial charge in [-0.2, -0.15) is 0 Å². The molecule has 1 aliphatic rings. The lowest BCUT2D eigenvalue weighted by Crippen LogP contribution is -2.39. The molecular weight excluding hydrogens is 324 g/mol. The van der Waals surface area contributed by atoms with E-state index in [0.29, 0.717) is 10.1 Å². The second-order valence-electron chi connectivity index (χ2n) is 4.40. The van der Waals surface area contributed by atoms with Crippen molar-refractivity contribution in [1.82, 2.24) is 10.6 Å². The largest absolute Gasteiger partial charge is 0.452 e. The van der Waals surface area contributed by atoms with Crippen LogP contribution in [0.15, 0.2) is 24.3 Å². The Morgan fingerprint density at radius 1 is 1.18 bits per heavy atom. The van der Waals surface area contributed by atoms with E-state index in [1.165, 1.54) is 12.6 Å². The van der Waals surface area contributed by atoms with Crippen LogP contribution in [-0.4, -0.2) is 43.1 Å². The number of carbonyl (C=O) groups excluding carboxylic acids is 3. The van der Waals surface area contributed by atoms with E-state index in [9.17, 15) is 14.4 Å². The molecule has 3 amide bonds. The Labute approximate surface area is 136 Å². The maximum Gasteiger partial charge on any atom is 0.338 e. The summed E-state index contributed by atoms with van der Waals surface area (Å²) in [7, 11) is 1.39. The number of nitrogens with one attached hydrogen (secondary N) is 2. The van der Waals surface area contributed by atoms with Crippen LogP contribution < -0.4 is 10.6 Å². The molecule has 1 heterocycles. The molecule has 0 unspecified atom stereocenters. The number of hydrogen-bond donors (Lipinski definition) is 2. The molecule has 2 N–H and O–H groups in total. The highest BCUT2D eigenvalue weighted by atomic mass is 32.2. The number of carbonyl (C=O) groups is 3. The summed E-state index contributed by atoms with van der Waals surface area (Å²) in [6.45, 7) is -0.498. The number of hydrogen-bond acceptors (Lipinski definition) is 6. The zero-order chi connectivity index (χ0) is 15.9. The van der Waals surface area contributed by atoms with E-state index < -0.39 is 24.5 Å². The van der Waals surface area contributed by atoms with Gasteiger partial charge in [-0.15, -0.1) is 23.5 Å². The van der Waals surface area contributed by atoms with Crippen LogP contribution in [-0.2, 0) is 9.53 Å². The van der Waals surface area contributed by atoms with E-state index in [4.69, 9.17) is 4.74 Å². The molecule has 6 nitrogen and oxygen atoms in total. The van der Waals surface area contributed by atoms with Gasteiger partial charge < -0.3 is 10.1 Å². The fourth-order valence-corrected chi connectivity index (χ4v) is 4.63. The molecule has 0 aromatic heterocycles. The third-order valence-electron chi connectivity index (χ3n) is 2.85. The van der Waals surface area contributed by atoms with Crippen LogP contribution in [0.4, 0.5) is 4.79 Å². The summed E-state index contributed by atoms with van der Waals surface area (Å²) in [6, 6.07) is 6.53. The second-order valence-corrected chi connectivity index (χ2v) is 7.12. The Hall–Kier alpha value is -1.67. The summed E-state index contributed by atoms with van der Waals surface area (Å²) in [5.74, 6) is 1.01. The zero-order valence-electron chi connectivity index (χ0n) is 12.0. The van der Waals surface area contributed by atoms with Crippen LogP contribution >= 0.6 is 23.5 Å². The molecule has 118 valence electrons. The molecule has 1 aliphatic heterocycles. The van der Waals surface area contributed by atoms with Gasteiger partial charge in [0.15, 0.2) is 6.61 Å². The van der Waals surface area contributed by atoms with Crippen molar-refractivity contribution in [2.24, 2.45) is 0 Å². The lowest BCUT2D eigenvalue weighted by atomic mass is 10.1. The van der Waals surface area contributed by atoms with Crippen LogP contribution in [0.3, 0.4) is 0 Å². The zero-order valence-corrected chi connectivity index (χ0v) is 13.6. The van der Waals surface area contributed by atoms with E-state index in [1.807, 2.05) is 41.0 Å². The highest BCUT2D eigenvalue weighted by Gasteiger charge is 2.19. The van der Waals surface area contributed by atoms with Crippen molar-refractivity contribution in [3.05, 3.63) is 35.4 Å². The molecule has 0 bridgehead atoms. The van der Waals surface area contributed by atoms with Crippen molar-refractivity contribution >= 4 is 41.4 Å². The van der Waals surface area contributed by atoms with Gasteiger partial charge in [0.2, 0.25) is 0 Å². The molecule has 22 heavy (non-hydrogen) atoms. The SMILES string of the molecule is CNC(=O)NC(=O)COC(=O)c1ccc(C2SCCS2)cc1. The molecule has 1 saturated heterocycles. The number of urea groups is 1. The lowest BCUT2D eigenvalue weighted by molar-refractivity contribution is -0.123. The highest BCUT2D eigenvalue weighted by molar-refractivity contribution is 8.19. The van der Waals surface area contributed by atoms with Crippen LogP contribution in [0.5, 0.6) is 0 Å². The van der Waals surface area contributed by atoms with Gasteiger partial charge in [0.1, 0.15) is 0 Å². The van der Waals surface area contributed by atoms with E-state index in [1.54, 1.807) is 12.1 Å². The van der Waals surface area contributed by atoms with Gasteiger partial charge in [0, 0.05) is 18.6 Å². The molecule has 1 fully saturated rings. The molecule has 0 aliphatic carbocycles. The number of rotatable bonds is 4. The predicted molar refractivity (Wildman–Crippen MR) is 87.0 cm³/mol. The van der Waals surface area contributed by atoms with Gasteiger partial charge in [0.25, 0.3) is 5.91 Å². The summed E-state index contributed by atoms with van der Waals surface area (Å²) < 4.78 is 5.28. The molecule has 0 atom stereocenters. The minimum atomic E-state index is -0.678. The first-order chi connectivity index (χ1) is 10.6. The summed E-state index contributed by atoms with van der Waals surface area (Å²) in [5.41, 5.74) is 1.55. The summed E-state index contributed by atoms with van der Waals surface area (Å²) in [6.07, 6.45) is 0. The van der Waals surface area contributed by atoms with Crippen molar-refractivity contribution in [1.29, 1.82) is 0 Å². The highest BCUT2D eigenvalue weighted by Crippen LogP contribution is 2.45. The molecule has 8 heteroatoms. The van der Waals surface area contributed by atoms with Crippen LogP contribution in [0.25, 0.3) is 0 Å². The number of esters is 1. The van der Waals surface area contributed by atoms with Crippen molar-refractivity contribution < 1.29 is 19.1 Å². The van der Waals surface area contributed by atoms with Crippen molar-refractivity contribution in [3.8, 4) is 0 Å². The average molecular weight is 340 g/mol. The van der Waals surface area contributed by atoms with E-state index in [-0.39, 0.29) is 0 Å². The molecule has 1 aromatic carbocycles. The predicted octanol–water partition coefficient (Wildman–Crippen LogP) is 1.78. The van der Waals surface area contributed by atoms with Crippen molar-refractivity contribution in [3.63, 3.8) is 0 Å². The fraction of sp³-hybridized carbons (Fsp3) is 0.357. The van der Waals surface area contributed by atoms with Crippen LogP contribution in [0.1, 0.15) is 20.5 Å². The van der Waals surface area contributed by atoms with E-state index >= 15 is 0 Å². The van der Waals surface area contributed by atoms with Crippen molar-refractivity contribution in [2.75, 3.05) is 25.2 Å².